The minimum Gasteiger partial charge on any atom is -0.0842 e. The van der Waals surface area contributed by atoms with Crippen LogP contribution in [0.4, 0.5) is 0 Å². The van der Waals surface area contributed by atoms with Gasteiger partial charge >= 0.3 is 0 Å². The molecule has 0 saturated heterocycles. The lowest BCUT2D eigenvalue weighted by Crippen LogP contribution is -2.33. The Morgan fingerprint density at radius 3 is 2.19 bits per heavy atom. The molecule has 0 N–H and O–H groups in total. The van der Waals surface area contributed by atoms with E-state index in [0.29, 0.717) is 0 Å². The highest BCUT2D eigenvalue weighted by Crippen LogP contribution is 2.55. The first kappa shape index (κ1) is 21.7. The molecule has 0 nitrogen and oxygen atoms in total. The van der Waals surface area contributed by atoms with Crippen LogP contribution in [-0.2, 0) is 10.8 Å². The fraction of sp³-hybridized carbons (Fsp3) is 0.278. The summed E-state index contributed by atoms with van der Waals surface area (Å²) in [5, 5.41) is 2.74. The van der Waals surface area contributed by atoms with E-state index < -0.39 is 0 Å². The lowest BCUT2D eigenvalue weighted by atomic mass is 9.79. The molecule has 4 aliphatic carbocycles. The van der Waals surface area contributed by atoms with Gasteiger partial charge in [0, 0.05) is 22.0 Å². The molecule has 0 amide bonds. The second kappa shape index (κ2) is 7.47. The first-order chi connectivity index (χ1) is 17.4. The van der Waals surface area contributed by atoms with Gasteiger partial charge in [-0.15, -0.1) is 0 Å². The van der Waals surface area contributed by atoms with Gasteiger partial charge < -0.3 is 0 Å². The van der Waals surface area contributed by atoms with Crippen LogP contribution in [0.25, 0.3) is 34.4 Å². The van der Waals surface area contributed by atoms with Gasteiger partial charge in [0.2, 0.25) is 0 Å². The van der Waals surface area contributed by atoms with Crippen LogP contribution in [0.15, 0.2) is 66.3 Å². The monoisotopic (exact) mass is 464 g/mol. The minimum atomic E-state index is -0.0645. The van der Waals surface area contributed by atoms with E-state index in [-0.39, 0.29) is 10.8 Å². The van der Waals surface area contributed by atoms with Gasteiger partial charge in [-0.1, -0.05) is 94.2 Å². The Bertz CT molecular complexity index is 1720. The number of allylic oxidation sites excluding steroid dienone is 4. The molecule has 36 heavy (non-hydrogen) atoms. The van der Waals surface area contributed by atoms with E-state index in [0.717, 1.165) is 25.7 Å². The summed E-state index contributed by atoms with van der Waals surface area (Å²) in [6.07, 6.45) is 15.8. The van der Waals surface area contributed by atoms with Gasteiger partial charge in [-0.25, -0.2) is 0 Å². The average Bonchev–Trinajstić information content (AvgIpc) is 3.26. The maximum Gasteiger partial charge on any atom is 0.0327 e. The van der Waals surface area contributed by atoms with Crippen LogP contribution < -0.4 is 10.4 Å². The van der Waals surface area contributed by atoms with Crippen LogP contribution >= 0.6 is 0 Å². The molecule has 0 atom stereocenters. The predicted molar refractivity (Wildman–Crippen MR) is 152 cm³/mol. The summed E-state index contributed by atoms with van der Waals surface area (Å²) < 4.78 is 0. The van der Waals surface area contributed by atoms with E-state index in [2.05, 4.69) is 112 Å². The van der Waals surface area contributed by atoms with Gasteiger partial charge in [-0.2, -0.15) is 0 Å². The Balaban J connectivity index is 1.49. The Morgan fingerprint density at radius 2 is 1.39 bits per heavy atom. The molecule has 176 valence electrons. The fourth-order valence-corrected chi connectivity index (χ4v) is 6.96. The third kappa shape index (κ3) is 2.90. The number of hydrogen-bond donors (Lipinski definition) is 0. The molecular weight excluding hydrogens is 432 g/mol. The highest BCUT2D eigenvalue weighted by molar-refractivity contribution is 5.90. The molecule has 0 saturated carbocycles. The molecule has 0 heteroatoms. The average molecular weight is 465 g/mol. The highest BCUT2D eigenvalue weighted by atomic mass is 14.4. The van der Waals surface area contributed by atoms with E-state index in [1.54, 1.807) is 0 Å². The van der Waals surface area contributed by atoms with Crippen molar-refractivity contribution in [3.05, 3.63) is 105 Å². The normalized spacial score (nSPS) is 18.8. The van der Waals surface area contributed by atoms with Crippen LogP contribution in [0.1, 0.15) is 81.2 Å². The quantitative estimate of drug-likeness (QED) is 0.307. The third-order valence-corrected chi connectivity index (χ3v) is 8.98. The van der Waals surface area contributed by atoms with Crippen molar-refractivity contribution in [2.45, 2.75) is 64.2 Å². The molecule has 3 aromatic rings. The Hall–Kier alpha value is -3.56. The second-order valence-corrected chi connectivity index (χ2v) is 11.8. The van der Waals surface area contributed by atoms with Crippen molar-refractivity contribution >= 4 is 12.2 Å². The molecule has 0 radical (unpaired) electrons. The van der Waals surface area contributed by atoms with Crippen molar-refractivity contribution < 1.29 is 0 Å². The largest absolute Gasteiger partial charge is 0.0842 e. The molecule has 0 fully saturated rings. The van der Waals surface area contributed by atoms with Crippen LogP contribution in [0, 0.1) is 11.8 Å². The van der Waals surface area contributed by atoms with Crippen molar-refractivity contribution in [2.24, 2.45) is 0 Å². The SMILES string of the molecule is CC1(C)c2ccccc2-c2cc3c(cc21)-c1c(cc(C#CC2=CC=CCC2)c2c1=CCCC=2)C3(C)C. The number of fused-ring (bicyclic) bond motifs is 8. The topological polar surface area (TPSA) is 0 Å². The maximum absolute atomic E-state index is 3.60. The number of benzene rings is 3. The van der Waals surface area contributed by atoms with Gasteiger partial charge in [0.15, 0.2) is 0 Å². The van der Waals surface area contributed by atoms with Gasteiger partial charge in [-0.3, -0.25) is 0 Å². The second-order valence-electron chi connectivity index (χ2n) is 11.8. The lowest BCUT2D eigenvalue weighted by Gasteiger charge is -2.24. The Morgan fingerprint density at radius 1 is 0.667 bits per heavy atom. The zero-order valence-corrected chi connectivity index (χ0v) is 21.8. The molecule has 3 aromatic carbocycles. The van der Waals surface area contributed by atoms with E-state index >= 15 is 0 Å². The summed E-state index contributed by atoms with van der Waals surface area (Å²) in [4.78, 5) is 0. The van der Waals surface area contributed by atoms with Crippen LogP contribution in [0.2, 0.25) is 0 Å². The highest BCUT2D eigenvalue weighted by Gasteiger charge is 2.42. The zero-order valence-electron chi connectivity index (χ0n) is 21.8. The number of rotatable bonds is 0. The van der Waals surface area contributed by atoms with Crippen LogP contribution in [-0.4, -0.2) is 0 Å². The molecule has 7 rings (SSSR count). The molecule has 0 heterocycles. The smallest absolute Gasteiger partial charge is 0.0327 e. The summed E-state index contributed by atoms with van der Waals surface area (Å²) in [6, 6.07) is 16.4. The molecule has 0 bridgehead atoms. The van der Waals surface area contributed by atoms with Crippen molar-refractivity contribution in [2.75, 3.05) is 0 Å². The Kier molecular flexibility index (Phi) is 4.50. The van der Waals surface area contributed by atoms with Gasteiger partial charge in [0.25, 0.3) is 0 Å². The third-order valence-electron chi connectivity index (χ3n) is 8.98. The molecule has 4 aliphatic rings. The number of hydrogen-bond acceptors (Lipinski definition) is 0. The standard InChI is InChI=1S/C36H32/c1-35(2)30-17-11-10-15-26(30)28-21-32-29(22-31(28)35)34-27-16-9-8-14-25(27)24(20-33(34)36(32,3)4)19-18-23-12-6-5-7-13-23/h5-6,10-12,14-17,20-22H,7-9,13H2,1-4H3. The van der Waals surface area contributed by atoms with E-state index in [1.165, 1.54) is 66.1 Å². The van der Waals surface area contributed by atoms with E-state index in [1.807, 2.05) is 0 Å². The molecular formula is C36H32. The van der Waals surface area contributed by atoms with Crippen LogP contribution in [0.5, 0.6) is 0 Å². The summed E-state index contributed by atoms with van der Waals surface area (Å²) in [7, 11) is 0. The van der Waals surface area contributed by atoms with Gasteiger partial charge in [0.05, 0.1) is 0 Å². The zero-order chi connectivity index (χ0) is 24.7. The van der Waals surface area contributed by atoms with Crippen molar-refractivity contribution in [3.8, 4) is 34.1 Å². The van der Waals surface area contributed by atoms with Gasteiger partial charge in [-0.05, 0) is 98.8 Å². The molecule has 0 spiro atoms. The summed E-state index contributed by atoms with van der Waals surface area (Å²) in [6.45, 7) is 9.57. The minimum absolute atomic E-state index is 0.0112. The van der Waals surface area contributed by atoms with Crippen molar-refractivity contribution in [1.82, 2.24) is 0 Å². The first-order valence-corrected chi connectivity index (χ1v) is 13.4. The first-order valence-electron chi connectivity index (χ1n) is 13.4. The molecule has 0 aromatic heterocycles. The lowest BCUT2D eigenvalue weighted by molar-refractivity contribution is 0.651. The summed E-state index contributed by atoms with van der Waals surface area (Å²) in [5.41, 5.74) is 13.9. The van der Waals surface area contributed by atoms with E-state index in [4.69, 9.17) is 0 Å². The predicted octanol–water partition coefficient (Wildman–Crippen LogP) is 7.28. The van der Waals surface area contributed by atoms with Crippen LogP contribution in [0.3, 0.4) is 0 Å². The molecule has 0 aliphatic heterocycles. The summed E-state index contributed by atoms with van der Waals surface area (Å²) >= 11 is 0. The fourth-order valence-electron chi connectivity index (χ4n) is 6.96. The summed E-state index contributed by atoms with van der Waals surface area (Å²) in [5.74, 6) is 7.12. The molecule has 0 unspecified atom stereocenters. The van der Waals surface area contributed by atoms with E-state index in [9.17, 15) is 0 Å². The van der Waals surface area contributed by atoms with Crippen molar-refractivity contribution in [1.29, 1.82) is 0 Å². The maximum atomic E-state index is 3.60. The Labute approximate surface area is 214 Å². The van der Waals surface area contributed by atoms with Crippen molar-refractivity contribution in [3.63, 3.8) is 0 Å². The van der Waals surface area contributed by atoms with Gasteiger partial charge in [0.1, 0.15) is 0 Å².